The summed E-state index contributed by atoms with van der Waals surface area (Å²) in [6.45, 7) is 9.09. The number of hydrogen-bond acceptors (Lipinski definition) is 5. The number of rotatable bonds is 4. The van der Waals surface area contributed by atoms with Crippen LogP contribution in [0.2, 0.25) is 0 Å². The van der Waals surface area contributed by atoms with Crippen molar-refractivity contribution in [1.29, 1.82) is 0 Å². The molecule has 7 heteroatoms. The first-order valence-corrected chi connectivity index (χ1v) is 13.3. The van der Waals surface area contributed by atoms with E-state index in [0.29, 0.717) is 19.9 Å². The van der Waals surface area contributed by atoms with Gasteiger partial charge in [-0.1, -0.05) is 24.1 Å². The molecule has 3 aromatic rings. The van der Waals surface area contributed by atoms with Crippen LogP contribution in [0, 0.1) is 13.8 Å². The summed E-state index contributed by atoms with van der Waals surface area (Å²) in [5.74, 6) is 0.229. The van der Waals surface area contributed by atoms with Gasteiger partial charge in [-0.05, 0) is 63.3 Å². The van der Waals surface area contributed by atoms with Gasteiger partial charge in [-0.2, -0.15) is 0 Å². The van der Waals surface area contributed by atoms with Gasteiger partial charge in [-0.25, -0.2) is 0 Å². The molecule has 180 valence electrons. The molecule has 6 rings (SSSR count). The smallest absolute Gasteiger partial charge is 0.245 e. The van der Waals surface area contributed by atoms with Crippen molar-refractivity contribution in [1.82, 2.24) is 9.88 Å². The second-order valence-corrected chi connectivity index (χ2v) is 11.1. The van der Waals surface area contributed by atoms with Gasteiger partial charge in [0.15, 0.2) is 0 Å². The highest BCUT2D eigenvalue weighted by Crippen LogP contribution is 2.43. The molecule has 5 heterocycles. The predicted molar refractivity (Wildman–Crippen MR) is 137 cm³/mol. The molecule has 3 fully saturated rings. The van der Waals surface area contributed by atoms with Gasteiger partial charge in [0.25, 0.3) is 0 Å². The number of benzene rings is 1. The van der Waals surface area contributed by atoms with Crippen LogP contribution in [0.15, 0.2) is 24.3 Å². The highest BCUT2D eigenvalue weighted by atomic mass is 32.1. The summed E-state index contributed by atoms with van der Waals surface area (Å²) in [6, 6.07) is 8.87. The molecule has 6 nitrogen and oxygen atoms in total. The fourth-order valence-electron chi connectivity index (χ4n) is 5.98. The van der Waals surface area contributed by atoms with Gasteiger partial charge in [0, 0.05) is 35.6 Å². The number of carbonyl (C=O) groups is 1. The number of anilines is 1. The van der Waals surface area contributed by atoms with E-state index in [9.17, 15) is 4.79 Å². The average molecular weight is 480 g/mol. The molecule has 0 radical (unpaired) electrons. The Balaban J connectivity index is 1.36. The van der Waals surface area contributed by atoms with Crippen molar-refractivity contribution >= 4 is 33.1 Å². The average Bonchev–Trinajstić information content (AvgIpc) is 3.57. The van der Waals surface area contributed by atoms with E-state index in [1.165, 1.54) is 37.5 Å². The number of aromatic nitrogens is 1. The van der Waals surface area contributed by atoms with E-state index in [4.69, 9.17) is 9.47 Å². The van der Waals surface area contributed by atoms with E-state index in [-0.39, 0.29) is 24.2 Å². The molecule has 3 atom stereocenters. The lowest BCUT2D eigenvalue weighted by Gasteiger charge is -2.38. The molecule has 2 aromatic heterocycles. The summed E-state index contributed by atoms with van der Waals surface area (Å²) >= 11 is 1.84. The van der Waals surface area contributed by atoms with Crippen LogP contribution in [-0.4, -0.2) is 60.5 Å². The van der Waals surface area contributed by atoms with Crippen LogP contribution in [-0.2, 0) is 20.7 Å². The Labute approximate surface area is 204 Å². The fraction of sp³-hybridized carbons (Fsp3) is 0.519. The zero-order chi connectivity index (χ0) is 23.4. The van der Waals surface area contributed by atoms with E-state index in [0.717, 1.165) is 37.9 Å². The van der Waals surface area contributed by atoms with Crippen LogP contribution in [0.25, 0.3) is 21.5 Å². The van der Waals surface area contributed by atoms with Crippen molar-refractivity contribution < 1.29 is 14.3 Å². The summed E-state index contributed by atoms with van der Waals surface area (Å²) in [7, 11) is 0. The third-order valence-corrected chi connectivity index (χ3v) is 8.80. The molecule has 3 saturated heterocycles. The van der Waals surface area contributed by atoms with E-state index < -0.39 is 0 Å². The molecule has 0 aliphatic carbocycles. The minimum atomic E-state index is -0.116. The lowest BCUT2D eigenvalue weighted by Crippen LogP contribution is -2.51. The van der Waals surface area contributed by atoms with Gasteiger partial charge in [0.2, 0.25) is 5.91 Å². The number of fused-ring (bicyclic) bond motifs is 2. The number of nitrogens with zero attached hydrogens (tertiary/aromatic N) is 2. The zero-order valence-corrected chi connectivity index (χ0v) is 21.0. The Morgan fingerprint density at radius 1 is 1.09 bits per heavy atom. The van der Waals surface area contributed by atoms with Gasteiger partial charge in [0.1, 0.15) is 29.9 Å². The van der Waals surface area contributed by atoms with Crippen LogP contribution in [0.3, 0.4) is 0 Å². The van der Waals surface area contributed by atoms with Gasteiger partial charge >= 0.3 is 0 Å². The minimum Gasteiger partial charge on any atom is -0.358 e. The summed E-state index contributed by atoms with van der Waals surface area (Å²) in [5.41, 5.74) is 6.18. The van der Waals surface area contributed by atoms with Crippen LogP contribution in [0.5, 0.6) is 0 Å². The molecule has 1 aromatic carbocycles. The SMILES string of the molecule is CCc1sc2[nH]c(-c3cc(C)cc(C)c3)cc2c1N1CCCCC1C(=O)N1C[C@@H]2OCO[C@@H]2C1. The summed E-state index contributed by atoms with van der Waals surface area (Å²) in [6.07, 6.45) is 4.15. The van der Waals surface area contributed by atoms with Crippen molar-refractivity contribution in [3.05, 3.63) is 40.3 Å². The number of carbonyl (C=O) groups excluding carboxylic acids is 1. The predicted octanol–water partition coefficient (Wildman–Crippen LogP) is 5.02. The number of aryl methyl sites for hydroxylation is 3. The quantitative estimate of drug-likeness (QED) is 0.571. The number of aromatic amines is 1. The highest BCUT2D eigenvalue weighted by Gasteiger charge is 2.43. The molecule has 3 aliphatic heterocycles. The number of ether oxygens (including phenoxy) is 2. The lowest BCUT2D eigenvalue weighted by molar-refractivity contribution is -0.133. The Morgan fingerprint density at radius 3 is 2.53 bits per heavy atom. The highest BCUT2D eigenvalue weighted by molar-refractivity contribution is 7.19. The molecule has 34 heavy (non-hydrogen) atoms. The number of amides is 1. The number of hydrogen-bond donors (Lipinski definition) is 1. The molecule has 0 bridgehead atoms. The van der Waals surface area contributed by atoms with Gasteiger partial charge in [0.05, 0.1) is 5.69 Å². The minimum absolute atomic E-state index is 0.0325. The number of piperidine rings is 1. The Morgan fingerprint density at radius 2 is 1.82 bits per heavy atom. The van der Waals surface area contributed by atoms with Crippen molar-refractivity contribution in [3.63, 3.8) is 0 Å². The lowest BCUT2D eigenvalue weighted by atomic mass is 9.99. The standard InChI is InChI=1S/C27H33N3O3S/c1-4-24-25(19-12-20(28-26(19)34-24)18-10-16(2)9-17(3)11-18)30-8-6-5-7-21(30)27(31)29-13-22-23(14-29)33-15-32-22/h9-12,21-23,28H,4-8,13-15H2,1-3H3/t21?,22-,23+. The van der Waals surface area contributed by atoms with E-state index in [2.05, 4.69) is 54.9 Å². The molecule has 3 aliphatic rings. The summed E-state index contributed by atoms with van der Waals surface area (Å²) < 4.78 is 11.3. The zero-order valence-electron chi connectivity index (χ0n) is 20.2. The van der Waals surface area contributed by atoms with E-state index in [1.54, 1.807) is 0 Å². The second-order valence-electron chi connectivity index (χ2n) is 10.0. The molecule has 0 saturated carbocycles. The van der Waals surface area contributed by atoms with Crippen LogP contribution < -0.4 is 4.90 Å². The number of likely N-dealkylation sites (tertiary alicyclic amines) is 1. The van der Waals surface area contributed by atoms with Crippen LogP contribution >= 0.6 is 11.3 Å². The van der Waals surface area contributed by atoms with Crippen molar-refractivity contribution in [2.45, 2.75) is 64.7 Å². The van der Waals surface area contributed by atoms with Gasteiger partial charge in [-0.3, -0.25) is 4.79 Å². The van der Waals surface area contributed by atoms with E-state index in [1.807, 2.05) is 16.2 Å². The van der Waals surface area contributed by atoms with Crippen LogP contribution in [0.1, 0.15) is 42.2 Å². The van der Waals surface area contributed by atoms with Crippen molar-refractivity contribution in [2.75, 3.05) is 31.3 Å². The first kappa shape index (κ1) is 22.1. The topological polar surface area (TPSA) is 57.8 Å². The molecule has 0 spiro atoms. The third-order valence-electron chi connectivity index (χ3n) is 7.55. The Hall–Kier alpha value is -2.35. The number of H-pyrrole nitrogens is 1. The summed E-state index contributed by atoms with van der Waals surface area (Å²) in [5, 5.41) is 1.25. The van der Waals surface area contributed by atoms with Crippen LogP contribution in [0.4, 0.5) is 5.69 Å². The fourth-order valence-corrected chi connectivity index (χ4v) is 7.12. The van der Waals surface area contributed by atoms with Gasteiger partial charge in [-0.15, -0.1) is 11.3 Å². The maximum Gasteiger partial charge on any atom is 0.245 e. The first-order valence-electron chi connectivity index (χ1n) is 12.5. The summed E-state index contributed by atoms with van der Waals surface area (Å²) in [4.78, 5) is 24.4. The maximum atomic E-state index is 13.7. The van der Waals surface area contributed by atoms with E-state index >= 15 is 0 Å². The Bertz CT molecular complexity index is 1200. The van der Waals surface area contributed by atoms with Gasteiger partial charge < -0.3 is 24.3 Å². The molecule has 1 amide bonds. The first-order chi connectivity index (χ1) is 16.5. The molecular weight excluding hydrogens is 446 g/mol. The largest absolute Gasteiger partial charge is 0.358 e. The Kier molecular flexibility index (Phi) is 5.66. The normalized spacial score (nSPS) is 24.9. The van der Waals surface area contributed by atoms with Crippen molar-refractivity contribution in [3.8, 4) is 11.3 Å². The molecular formula is C27H33N3O3S. The maximum absolute atomic E-state index is 13.7. The number of thiophene rings is 1. The molecule has 1 unspecified atom stereocenters. The second kappa shape index (κ2) is 8.70. The van der Waals surface area contributed by atoms with Crippen molar-refractivity contribution in [2.24, 2.45) is 0 Å². The monoisotopic (exact) mass is 479 g/mol. The molecule has 1 N–H and O–H groups in total. The third kappa shape index (κ3) is 3.74. The number of nitrogens with one attached hydrogen (secondary N) is 1.